The van der Waals surface area contributed by atoms with Gasteiger partial charge in [-0.1, -0.05) is 57.2 Å². The number of esters is 1. The van der Waals surface area contributed by atoms with Crippen molar-refractivity contribution in [1.29, 1.82) is 0 Å². The van der Waals surface area contributed by atoms with Crippen molar-refractivity contribution in [3.05, 3.63) is 29.8 Å². The Hall–Kier alpha value is -1.46. The monoisotopic (exact) mass is 545 g/mol. The third-order valence-corrected chi connectivity index (χ3v) is 9.06. The molecule has 0 aliphatic rings. The van der Waals surface area contributed by atoms with E-state index in [-0.39, 0.29) is 12.8 Å². The minimum Gasteiger partial charge on any atom is -0.464 e. The Bertz CT molecular complexity index is 939. The van der Waals surface area contributed by atoms with Crippen molar-refractivity contribution in [2.45, 2.75) is 82.6 Å². The Labute approximate surface area is 205 Å². The summed E-state index contributed by atoms with van der Waals surface area (Å²) in [6.07, 6.45) is -2.82. The largest absolute Gasteiger partial charge is 0.464 e. The summed E-state index contributed by atoms with van der Waals surface area (Å²) in [5.41, 5.74) is 0.653. The van der Waals surface area contributed by atoms with E-state index in [4.69, 9.17) is 9.05 Å². The zero-order chi connectivity index (χ0) is 26.8. The molecule has 0 bridgehead atoms. The highest BCUT2D eigenvalue weighted by atomic mass is 32.2. The second-order valence-corrected chi connectivity index (χ2v) is 11.8. The van der Waals surface area contributed by atoms with E-state index in [0.717, 1.165) is 12.1 Å². The molecule has 35 heavy (non-hydrogen) atoms. The van der Waals surface area contributed by atoms with Crippen LogP contribution in [0, 0.1) is 6.92 Å². The molecule has 0 radical (unpaired) electrons. The van der Waals surface area contributed by atoms with Crippen LogP contribution in [-0.4, -0.2) is 45.7 Å². The van der Waals surface area contributed by atoms with Gasteiger partial charge in [-0.2, -0.15) is 17.9 Å². The SMILES string of the molecule is CCCCCOP(=O)(OCCCCC)C(NS(=O)(=O)c1ccc(C)cc1)(C(=O)OCC)C(F)(F)F. The van der Waals surface area contributed by atoms with E-state index in [1.165, 1.54) is 23.8 Å². The van der Waals surface area contributed by atoms with E-state index in [9.17, 15) is 30.9 Å². The summed E-state index contributed by atoms with van der Waals surface area (Å²) >= 11 is 0. The maximum absolute atomic E-state index is 14.7. The standard InChI is InChI=1S/C22H35F3NO7PS/c1-5-8-10-16-32-34(28,33-17-11-9-6-2)21(22(23,24)25,20(27)31-7-3)26-35(29,30)19-14-12-18(4)13-15-19/h12-15,26H,5-11,16-17H2,1-4H3. The number of alkyl halides is 3. The van der Waals surface area contributed by atoms with Crippen LogP contribution in [0.15, 0.2) is 29.2 Å². The van der Waals surface area contributed by atoms with Crippen molar-refractivity contribution in [2.24, 2.45) is 0 Å². The molecule has 0 saturated carbocycles. The molecule has 0 spiro atoms. The summed E-state index contributed by atoms with van der Waals surface area (Å²) < 4.78 is 101. The maximum Gasteiger partial charge on any atom is 0.430 e. The molecule has 0 fully saturated rings. The first-order valence-corrected chi connectivity index (χ1v) is 14.6. The van der Waals surface area contributed by atoms with E-state index in [2.05, 4.69) is 4.74 Å². The lowest BCUT2D eigenvalue weighted by atomic mass is 10.2. The van der Waals surface area contributed by atoms with Gasteiger partial charge in [0.15, 0.2) is 0 Å². The zero-order valence-electron chi connectivity index (χ0n) is 20.5. The Kier molecular flexibility index (Phi) is 12.4. The Morgan fingerprint density at radius 2 is 1.43 bits per heavy atom. The van der Waals surface area contributed by atoms with Crippen LogP contribution in [0.3, 0.4) is 0 Å². The summed E-state index contributed by atoms with van der Waals surface area (Å²) in [4.78, 5) is 12.3. The zero-order valence-corrected chi connectivity index (χ0v) is 22.2. The summed E-state index contributed by atoms with van der Waals surface area (Å²) in [6, 6.07) is 4.88. The average Bonchev–Trinajstić information content (AvgIpc) is 2.77. The smallest absolute Gasteiger partial charge is 0.430 e. The van der Waals surface area contributed by atoms with Gasteiger partial charge in [0.2, 0.25) is 10.0 Å². The van der Waals surface area contributed by atoms with Gasteiger partial charge in [0, 0.05) is 0 Å². The van der Waals surface area contributed by atoms with Gasteiger partial charge in [0.1, 0.15) is 0 Å². The lowest BCUT2D eigenvalue weighted by Gasteiger charge is -2.38. The number of hydrogen-bond acceptors (Lipinski definition) is 7. The lowest BCUT2D eigenvalue weighted by Crippen LogP contribution is -2.64. The van der Waals surface area contributed by atoms with E-state index in [1.54, 1.807) is 6.92 Å². The Balaban J connectivity index is 3.71. The molecular weight excluding hydrogens is 510 g/mol. The molecule has 13 heteroatoms. The first-order valence-electron chi connectivity index (χ1n) is 11.5. The van der Waals surface area contributed by atoms with Crippen LogP contribution in [0.4, 0.5) is 13.2 Å². The number of sulfonamides is 1. The fourth-order valence-corrected chi connectivity index (χ4v) is 6.86. The fourth-order valence-electron chi connectivity index (χ4n) is 3.05. The summed E-state index contributed by atoms with van der Waals surface area (Å²) in [7, 11) is -10.6. The van der Waals surface area contributed by atoms with Crippen LogP contribution < -0.4 is 4.72 Å². The predicted octanol–water partition coefficient (Wildman–Crippen LogP) is 5.70. The van der Waals surface area contributed by atoms with Gasteiger partial charge in [0.05, 0.1) is 24.7 Å². The molecular formula is C22H35F3NO7PS. The van der Waals surface area contributed by atoms with Crippen LogP contribution >= 0.6 is 7.60 Å². The van der Waals surface area contributed by atoms with Crippen molar-refractivity contribution >= 4 is 23.6 Å². The molecule has 1 aromatic rings. The molecule has 1 rings (SSSR count). The predicted molar refractivity (Wildman–Crippen MR) is 125 cm³/mol. The summed E-state index contributed by atoms with van der Waals surface area (Å²) in [6.45, 7) is 5.16. The summed E-state index contributed by atoms with van der Waals surface area (Å²) in [5, 5.41) is -4.31. The molecule has 0 heterocycles. The number of carbonyl (C=O) groups excluding carboxylic acids is 1. The average molecular weight is 546 g/mol. The molecule has 1 aromatic carbocycles. The lowest BCUT2D eigenvalue weighted by molar-refractivity contribution is -0.194. The number of unbranched alkanes of at least 4 members (excludes halogenated alkanes) is 4. The molecule has 1 N–H and O–H groups in total. The quantitative estimate of drug-likeness (QED) is 0.161. The highest BCUT2D eigenvalue weighted by Gasteiger charge is 2.76. The molecule has 0 aromatic heterocycles. The van der Waals surface area contributed by atoms with Crippen molar-refractivity contribution < 1.29 is 44.7 Å². The van der Waals surface area contributed by atoms with Gasteiger partial charge < -0.3 is 13.8 Å². The van der Waals surface area contributed by atoms with Crippen LogP contribution in [0.2, 0.25) is 0 Å². The molecule has 0 saturated heterocycles. The minimum atomic E-state index is -5.73. The second kappa shape index (κ2) is 13.7. The first kappa shape index (κ1) is 31.6. The molecule has 202 valence electrons. The van der Waals surface area contributed by atoms with Gasteiger partial charge in [-0.15, -0.1) is 0 Å². The van der Waals surface area contributed by atoms with Gasteiger partial charge in [0.25, 0.3) is 0 Å². The first-order chi connectivity index (χ1) is 16.3. The molecule has 0 aliphatic heterocycles. The van der Waals surface area contributed by atoms with Crippen molar-refractivity contribution in [2.75, 3.05) is 19.8 Å². The molecule has 1 atom stereocenters. The number of ether oxygens (including phenoxy) is 1. The van der Waals surface area contributed by atoms with Gasteiger partial charge in [-0.25, -0.2) is 13.2 Å². The number of nitrogens with one attached hydrogen (secondary N) is 1. The normalized spacial score (nSPS) is 14.5. The van der Waals surface area contributed by atoms with Crippen LogP contribution in [0.5, 0.6) is 0 Å². The Morgan fingerprint density at radius 1 is 0.943 bits per heavy atom. The fraction of sp³-hybridized carbons (Fsp3) is 0.682. The topological polar surface area (TPSA) is 108 Å². The highest BCUT2D eigenvalue weighted by molar-refractivity contribution is 7.90. The molecule has 0 amide bonds. The van der Waals surface area contributed by atoms with Crippen molar-refractivity contribution in [3.8, 4) is 0 Å². The van der Waals surface area contributed by atoms with Gasteiger partial charge in [-0.05, 0) is 38.8 Å². The van der Waals surface area contributed by atoms with Gasteiger partial charge in [-0.3, -0.25) is 4.57 Å². The van der Waals surface area contributed by atoms with Crippen LogP contribution in [0.25, 0.3) is 0 Å². The maximum atomic E-state index is 14.7. The third-order valence-electron chi connectivity index (χ3n) is 5.02. The number of rotatable bonds is 16. The number of hydrogen-bond donors (Lipinski definition) is 1. The highest BCUT2D eigenvalue weighted by Crippen LogP contribution is 2.65. The van der Waals surface area contributed by atoms with E-state index in [0.29, 0.717) is 31.2 Å². The number of halogens is 3. The number of carbonyl (C=O) groups is 1. The third kappa shape index (κ3) is 8.01. The second-order valence-electron chi connectivity index (χ2n) is 7.93. The number of benzene rings is 1. The Morgan fingerprint density at radius 3 is 1.83 bits per heavy atom. The van der Waals surface area contributed by atoms with Crippen molar-refractivity contribution in [1.82, 2.24) is 4.72 Å². The molecule has 8 nitrogen and oxygen atoms in total. The minimum absolute atomic E-state index is 0.223. The summed E-state index contributed by atoms with van der Waals surface area (Å²) in [5.74, 6) is -2.11. The van der Waals surface area contributed by atoms with E-state index in [1.807, 2.05) is 13.8 Å². The van der Waals surface area contributed by atoms with Gasteiger partial charge >= 0.3 is 25.0 Å². The van der Waals surface area contributed by atoms with E-state index < -0.39 is 59.8 Å². The van der Waals surface area contributed by atoms with Crippen molar-refractivity contribution in [3.63, 3.8) is 0 Å². The van der Waals surface area contributed by atoms with Crippen LogP contribution in [-0.2, 0) is 33.2 Å². The molecule has 0 aliphatic carbocycles. The molecule has 1 unspecified atom stereocenters. The number of aryl methyl sites for hydroxylation is 1. The van der Waals surface area contributed by atoms with Crippen LogP contribution in [0.1, 0.15) is 64.9 Å². The van der Waals surface area contributed by atoms with E-state index >= 15 is 0 Å².